The molecule has 12 heavy (non-hydrogen) atoms. The Morgan fingerprint density at radius 3 is 3.25 bits per heavy atom. The average molecular weight is 183 g/mol. The highest BCUT2D eigenvalue weighted by molar-refractivity contribution is 6.32. The Labute approximate surface area is 74.8 Å². The average Bonchev–Trinajstić information content (AvgIpc) is 2.52. The van der Waals surface area contributed by atoms with Crippen LogP contribution in [0.3, 0.4) is 0 Å². The maximum Gasteiger partial charge on any atom is 0.155 e. The molecular formula is C8H7ClN2O. The number of hydrogen-bond donors (Lipinski definition) is 1. The molecule has 0 fully saturated rings. The molecule has 4 heteroatoms. The fraction of sp³-hybridized carbons (Fsp3) is 0.250. The van der Waals surface area contributed by atoms with Gasteiger partial charge in [-0.3, -0.25) is 4.79 Å². The van der Waals surface area contributed by atoms with E-state index in [0.717, 1.165) is 30.5 Å². The molecule has 0 aromatic carbocycles. The van der Waals surface area contributed by atoms with Crippen molar-refractivity contribution < 1.29 is 4.79 Å². The number of halogens is 1. The van der Waals surface area contributed by atoms with Crippen molar-refractivity contribution in [1.82, 2.24) is 4.98 Å². The van der Waals surface area contributed by atoms with Crippen molar-refractivity contribution in [3.63, 3.8) is 0 Å². The van der Waals surface area contributed by atoms with E-state index < -0.39 is 0 Å². The van der Waals surface area contributed by atoms with Crippen LogP contribution in [-0.4, -0.2) is 17.8 Å². The predicted molar refractivity (Wildman–Crippen MR) is 46.8 cm³/mol. The standard InChI is InChI=1S/C8H7ClN2O/c9-8-6(4-12)7-5(3-11-8)1-2-10-7/h3-4,10H,1-2H2. The quantitative estimate of drug-likeness (QED) is 0.529. The number of carbonyl (C=O) groups is 1. The largest absolute Gasteiger partial charge is 0.384 e. The molecule has 3 nitrogen and oxygen atoms in total. The van der Waals surface area contributed by atoms with Gasteiger partial charge in [-0.1, -0.05) is 11.6 Å². The molecule has 62 valence electrons. The van der Waals surface area contributed by atoms with E-state index in [-0.39, 0.29) is 5.15 Å². The SMILES string of the molecule is O=Cc1c(Cl)ncc2c1NCC2. The molecule has 0 aliphatic carbocycles. The summed E-state index contributed by atoms with van der Waals surface area (Å²) < 4.78 is 0. The molecule has 0 amide bonds. The van der Waals surface area contributed by atoms with E-state index in [0.29, 0.717) is 5.56 Å². The van der Waals surface area contributed by atoms with Crippen LogP contribution >= 0.6 is 11.6 Å². The lowest BCUT2D eigenvalue weighted by atomic mass is 10.1. The van der Waals surface area contributed by atoms with Crippen LogP contribution in [0.15, 0.2) is 6.20 Å². The Morgan fingerprint density at radius 1 is 1.67 bits per heavy atom. The van der Waals surface area contributed by atoms with Gasteiger partial charge in [-0.15, -0.1) is 0 Å². The molecule has 2 heterocycles. The van der Waals surface area contributed by atoms with Gasteiger partial charge < -0.3 is 5.32 Å². The van der Waals surface area contributed by atoms with Gasteiger partial charge in [0.25, 0.3) is 0 Å². The van der Waals surface area contributed by atoms with Crippen molar-refractivity contribution in [2.45, 2.75) is 6.42 Å². The summed E-state index contributed by atoms with van der Waals surface area (Å²) in [6.07, 6.45) is 3.37. The van der Waals surface area contributed by atoms with Crippen LogP contribution in [0, 0.1) is 0 Å². The lowest BCUT2D eigenvalue weighted by Crippen LogP contribution is -1.96. The van der Waals surface area contributed by atoms with Crippen LogP contribution in [0.4, 0.5) is 5.69 Å². The molecule has 0 bridgehead atoms. The number of hydrogen-bond acceptors (Lipinski definition) is 3. The third kappa shape index (κ3) is 0.975. The van der Waals surface area contributed by atoms with Crippen LogP contribution in [0.2, 0.25) is 5.15 Å². The molecule has 0 unspecified atom stereocenters. The molecule has 1 N–H and O–H groups in total. The number of rotatable bonds is 1. The zero-order valence-electron chi connectivity index (χ0n) is 6.30. The summed E-state index contributed by atoms with van der Waals surface area (Å²) >= 11 is 5.73. The first-order valence-electron chi connectivity index (χ1n) is 3.69. The maximum atomic E-state index is 10.6. The normalized spacial score (nSPS) is 13.8. The van der Waals surface area contributed by atoms with Crippen molar-refractivity contribution >= 4 is 23.6 Å². The first-order valence-corrected chi connectivity index (χ1v) is 4.07. The molecular weight excluding hydrogens is 176 g/mol. The zero-order chi connectivity index (χ0) is 8.55. The molecule has 0 saturated carbocycles. The molecule has 0 spiro atoms. The summed E-state index contributed by atoms with van der Waals surface area (Å²) in [6.45, 7) is 0.859. The van der Waals surface area contributed by atoms with Gasteiger partial charge in [-0.25, -0.2) is 4.98 Å². The van der Waals surface area contributed by atoms with Crippen LogP contribution in [0.25, 0.3) is 0 Å². The lowest BCUT2D eigenvalue weighted by Gasteiger charge is -2.03. The molecule has 1 aromatic heterocycles. The highest BCUT2D eigenvalue weighted by atomic mass is 35.5. The Hall–Kier alpha value is -1.09. The van der Waals surface area contributed by atoms with Gasteiger partial charge in [0.1, 0.15) is 5.15 Å². The summed E-state index contributed by atoms with van der Waals surface area (Å²) in [5.74, 6) is 0. The third-order valence-electron chi connectivity index (χ3n) is 1.96. The highest BCUT2D eigenvalue weighted by Crippen LogP contribution is 2.28. The minimum Gasteiger partial charge on any atom is -0.384 e. The van der Waals surface area contributed by atoms with Gasteiger partial charge in [-0.05, 0) is 12.0 Å². The first-order chi connectivity index (χ1) is 5.83. The fourth-order valence-corrected chi connectivity index (χ4v) is 1.56. The Kier molecular flexibility index (Phi) is 1.73. The van der Waals surface area contributed by atoms with Gasteiger partial charge in [0, 0.05) is 12.7 Å². The first kappa shape index (κ1) is 7.55. The highest BCUT2D eigenvalue weighted by Gasteiger charge is 2.16. The van der Waals surface area contributed by atoms with Crippen LogP contribution in [-0.2, 0) is 6.42 Å². The monoisotopic (exact) mass is 182 g/mol. The zero-order valence-corrected chi connectivity index (χ0v) is 7.06. The van der Waals surface area contributed by atoms with Crippen LogP contribution in [0.5, 0.6) is 0 Å². The Balaban J connectivity index is 2.65. The summed E-state index contributed by atoms with van der Waals surface area (Å²) in [4.78, 5) is 14.5. The molecule has 1 aliphatic heterocycles. The van der Waals surface area contributed by atoms with Gasteiger partial charge in [0.2, 0.25) is 0 Å². The lowest BCUT2D eigenvalue weighted by molar-refractivity contribution is 0.112. The smallest absolute Gasteiger partial charge is 0.155 e. The van der Waals surface area contributed by atoms with E-state index in [1.807, 2.05) is 0 Å². The number of anilines is 1. The molecule has 0 radical (unpaired) electrons. The molecule has 2 rings (SSSR count). The van der Waals surface area contributed by atoms with Crippen molar-refractivity contribution in [1.29, 1.82) is 0 Å². The van der Waals surface area contributed by atoms with Gasteiger partial charge in [-0.2, -0.15) is 0 Å². The predicted octanol–water partition coefficient (Wildman–Crippen LogP) is 1.52. The summed E-state index contributed by atoms with van der Waals surface area (Å²) in [5.41, 5.74) is 2.40. The van der Waals surface area contributed by atoms with E-state index >= 15 is 0 Å². The van der Waals surface area contributed by atoms with Crippen molar-refractivity contribution in [3.8, 4) is 0 Å². The van der Waals surface area contributed by atoms with E-state index in [9.17, 15) is 4.79 Å². The summed E-state index contributed by atoms with van der Waals surface area (Å²) in [6, 6.07) is 0. The summed E-state index contributed by atoms with van der Waals surface area (Å²) in [5, 5.41) is 3.38. The second kappa shape index (κ2) is 2.75. The van der Waals surface area contributed by atoms with Gasteiger partial charge in [0.15, 0.2) is 6.29 Å². The van der Waals surface area contributed by atoms with Gasteiger partial charge in [0.05, 0.1) is 11.3 Å². The number of carbonyl (C=O) groups excluding carboxylic acids is 1. The molecule has 0 saturated heterocycles. The molecule has 0 atom stereocenters. The fourth-order valence-electron chi connectivity index (χ4n) is 1.37. The number of fused-ring (bicyclic) bond motifs is 1. The van der Waals surface area contributed by atoms with Crippen molar-refractivity contribution in [2.75, 3.05) is 11.9 Å². The second-order valence-corrected chi connectivity index (χ2v) is 3.02. The molecule has 1 aliphatic rings. The third-order valence-corrected chi connectivity index (χ3v) is 2.26. The minimum atomic E-state index is 0.276. The number of pyridine rings is 1. The summed E-state index contributed by atoms with van der Waals surface area (Å²) in [7, 11) is 0. The Bertz CT molecular complexity index is 338. The van der Waals surface area contributed by atoms with Crippen molar-refractivity contribution in [3.05, 3.63) is 22.5 Å². The minimum absolute atomic E-state index is 0.276. The van der Waals surface area contributed by atoms with Crippen LogP contribution in [0.1, 0.15) is 15.9 Å². The number of nitrogens with one attached hydrogen (secondary N) is 1. The topological polar surface area (TPSA) is 42.0 Å². The van der Waals surface area contributed by atoms with E-state index in [2.05, 4.69) is 10.3 Å². The number of aldehydes is 1. The van der Waals surface area contributed by atoms with Gasteiger partial charge >= 0.3 is 0 Å². The van der Waals surface area contributed by atoms with E-state index in [1.54, 1.807) is 6.20 Å². The maximum absolute atomic E-state index is 10.6. The van der Waals surface area contributed by atoms with Crippen molar-refractivity contribution in [2.24, 2.45) is 0 Å². The number of aromatic nitrogens is 1. The Morgan fingerprint density at radius 2 is 2.50 bits per heavy atom. The van der Waals surface area contributed by atoms with Crippen LogP contribution < -0.4 is 5.32 Å². The van der Waals surface area contributed by atoms with E-state index in [4.69, 9.17) is 11.6 Å². The van der Waals surface area contributed by atoms with E-state index in [1.165, 1.54) is 0 Å². The number of nitrogens with zero attached hydrogens (tertiary/aromatic N) is 1. The second-order valence-electron chi connectivity index (χ2n) is 2.66. The molecule has 1 aromatic rings.